The number of nitrogens with zero attached hydrogens (tertiary/aromatic N) is 3. The Hall–Kier alpha value is -1.91. The summed E-state index contributed by atoms with van der Waals surface area (Å²) in [7, 11) is 0. The van der Waals surface area contributed by atoms with Crippen LogP contribution in [0.15, 0.2) is 18.2 Å². The van der Waals surface area contributed by atoms with Crippen molar-refractivity contribution >= 4 is 11.8 Å². The first-order valence-electron chi connectivity index (χ1n) is 9.60. The van der Waals surface area contributed by atoms with Gasteiger partial charge in [0, 0.05) is 37.4 Å². The summed E-state index contributed by atoms with van der Waals surface area (Å²) >= 11 is 0. The van der Waals surface area contributed by atoms with Gasteiger partial charge in [-0.1, -0.05) is 12.5 Å². The maximum Gasteiger partial charge on any atom is 0.242 e. The number of aromatic nitrogens is 1. The number of hydrogen-bond acceptors (Lipinski definition) is 3. The number of amides is 2. The van der Waals surface area contributed by atoms with Crippen LogP contribution in [0.1, 0.15) is 49.9 Å². The molecule has 136 valence electrons. The zero-order valence-electron chi connectivity index (χ0n) is 15.2. The van der Waals surface area contributed by atoms with Gasteiger partial charge in [0.2, 0.25) is 11.8 Å². The van der Waals surface area contributed by atoms with Crippen molar-refractivity contribution in [1.82, 2.24) is 14.8 Å². The Morgan fingerprint density at radius 1 is 1.20 bits per heavy atom. The van der Waals surface area contributed by atoms with Crippen molar-refractivity contribution in [3.05, 3.63) is 29.6 Å². The van der Waals surface area contributed by atoms with Crippen molar-refractivity contribution < 1.29 is 9.59 Å². The van der Waals surface area contributed by atoms with E-state index in [1.807, 2.05) is 24.0 Å². The molecule has 1 aromatic rings. The van der Waals surface area contributed by atoms with Gasteiger partial charge in [0.05, 0.1) is 6.54 Å². The fourth-order valence-electron chi connectivity index (χ4n) is 3.94. The van der Waals surface area contributed by atoms with E-state index in [-0.39, 0.29) is 18.4 Å². The highest BCUT2D eigenvalue weighted by Crippen LogP contribution is 2.21. The Labute approximate surface area is 150 Å². The summed E-state index contributed by atoms with van der Waals surface area (Å²) in [6.45, 7) is 4.61. The summed E-state index contributed by atoms with van der Waals surface area (Å²) in [6, 6.07) is 6.14. The normalized spacial score (nSPS) is 22.0. The molecule has 2 saturated heterocycles. The summed E-state index contributed by atoms with van der Waals surface area (Å²) in [5.41, 5.74) is 2.16. The quantitative estimate of drug-likeness (QED) is 0.844. The van der Waals surface area contributed by atoms with E-state index < -0.39 is 0 Å². The molecule has 2 fully saturated rings. The van der Waals surface area contributed by atoms with E-state index in [0.717, 1.165) is 69.5 Å². The lowest BCUT2D eigenvalue weighted by Crippen LogP contribution is -2.46. The largest absolute Gasteiger partial charge is 0.341 e. The van der Waals surface area contributed by atoms with Crippen LogP contribution in [0, 0.1) is 12.8 Å². The Bertz CT molecular complexity index is 617. The first kappa shape index (κ1) is 17.9. The van der Waals surface area contributed by atoms with E-state index in [1.54, 1.807) is 4.90 Å². The average Bonchev–Trinajstić information content (AvgIpc) is 2.80. The van der Waals surface area contributed by atoms with Crippen molar-refractivity contribution in [2.45, 2.75) is 51.9 Å². The molecule has 0 unspecified atom stereocenters. The van der Waals surface area contributed by atoms with Crippen molar-refractivity contribution in [1.29, 1.82) is 0 Å². The SMILES string of the molecule is Cc1cccc(C[C@H]2CCCN(C(=O)CN3CCCCCC3=O)C2)n1. The zero-order chi connectivity index (χ0) is 17.6. The van der Waals surface area contributed by atoms with Crippen molar-refractivity contribution in [3.63, 3.8) is 0 Å². The van der Waals surface area contributed by atoms with Gasteiger partial charge in [-0.2, -0.15) is 0 Å². The summed E-state index contributed by atoms with van der Waals surface area (Å²) in [5.74, 6) is 0.715. The predicted molar refractivity (Wildman–Crippen MR) is 97.0 cm³/mol. The van der Waals surface area contributed by atoms with Gasteiger partial charge in [0.15, 0.2) is 0 Å². The summed E-state index contributed by atoms with van der Waals surface area (Å²) in [4.78, 5) is 33.1. The maximum absolute atomic E-state index is 12.7. The van der Waals surface area contributed by atoms with E-state index in [4.69, 9.17) is 0 Å². The molecule has 2 aliphatic rings. The molecule has 25 heavy (non-hydrogen) atoms. The van der Waals surface area contributed by atoms with Gasteiger partial charge in [0.25, 0.3) is 0 Å². The molecule has 2 aliphatic heterocycles. The Kier molecular flexibility index (Phi) is 6.05. The monoisotopic (exact) mass is 343 g/mol. The molecule has 0 spiro atoms. The molecule has 2 amide bonds. The third-order valence-corrected chi connectivity index (χ3v) is 5.31. The Balaban J connectivity index is 1.55. The molecule has 0 N–H and O–H groups in total. The van der Waals surface area contributed by atoms with E-state index >= 15 is 0 Å². The number of piperidine rings is 1. The molecule has 3 heterocycles. The molecule has 3 rings (SSSR count). The molecule has 5 nitrogen and oxygen atoms in total. The Morgan fingerprint density at radius 2 is 2.08 bits per heavy atom. The molecular weight excluding hydrogens is 314 g/mol. The highest BCUT2D eigenvalue weighted by Gasteiger charge is 2.27. The summed E-state index contributed by atoms with van der Waals surface area (Å²) in [6.07, 6.45) is 6.76. The summed E-state index contributed by atoms with van der Waals surface area (Å²) < 4.78 is 0. The fourth-order valence-corrected chi connectivity index (χ4v) is 3.94. The van der Waals surface area contributed by atoms with Crippen LogP contribution >= 0.6 is 0 Å². The molecule has 0 radical (unpaired) electrons. The zero-order valence-corrected chi connectivity index (χ0v) is 15.2. The second-order valence-corrected chi connectivity index (χ2v) is 7.45. The van der Waals surface area contributed by atoms with Crippen LogP contribution in [0.2, 0.25) is 0 Å². The molecule has 0 aliphatic carbocycles. The van der Waals surface area contributed by atoms with Gasteiger partial charge in [-0.05, 0) is 57.1 Å². The number of rotatable bonds is 4. The van der Waals surface area contributed by atoms with Crippen LogP contribution in [0.3, 0.4) is 0 Å². The maximum atomic E-state index is 12.7. The average molecular weight is 343 g/mol. The number of carbonyl (C=O) groups excluding carboxylic acids is 2. The number of aryl methyl sites for hydroxylation is 1. The minimum Gasteiger partial charge on any atom is -0.341 e. The Morgan fingerprint density at radius 3 is 2.92 bits per heavy atom. The second-order valence-electron chi connectivity index (χ2n) is 7.45. The first-order valence-corrected chi connectivity index (χ1v) is 9.60. The van der Waals surface area contributed by atoms with Gasteiger partial charge < -0.3 is 9.80 Å². The summed E-state index contributed by atoms with van der Waals surface area (Å²) in [5, 5.41) is 0. The van der Waals surface area contributed by atoms with E-state index in [9.17, 15) is 9.59 Å². The smallest absolute Gasteiger partial charge is 0.242 e. The lowest BCUT2D eigenvalue weighted by Gasteiger charge is -2.34. The first-order chi connectivity index (χ1) is 12.1. The number of pyridine rings is 1. The van der Waals surface area contributed by atoms with Gasteiger partial charge >= 0.3 is 0 Å². The van der Waals surface area contributed by atoms with Crippen LogP contribution in [-0.2, 0) is 16.0 Å². The predicted octanol–water partition coefficient (Wildman–Crippen LogP) is 2.57. The van der Waals surface area contributed by atoms with Crippen molar-refractivity contribution in [3.8, 4) is 0 Å². The van der Waals surface area contributed by atoms with E-state index in [2.05, 4.69) is 11.1 Å². The number of likely N-dealkylation sites (tertiary alicyclic amines) is 2. The molecule has 5 heteroatoms. The topological polar surface area (TPSA) is 53.5 Å². The molecule has 0 saturated carbocycles. The molecule has 1 aromatic heterocycles. The minimum absolute atomic E-state index is 0.108. The van der Waals surface area contributed by atoms with Crippen LogP contribution in [0.5, 0.6) is 0 Å². The van der Waals surface area contributed by atoms with Crippen molar-refractivity contribution in [2.75, 3.05) is 26.2 Å². The van der Waals surface area contributed by atoms with Crippen molar-refractivity contribution in [2.24, 2.45) is 5.92 Å². The lowest BCUT2D eigenvalue weighted by molar-refractivity contribution is -0.141. The minimum atomic E-state index is 0.108. The van der Waals surface area contributed by atoms with E-state index in [1.165, 1.54) is 0 Å². The third kappa shape index (κ3) is 5.03. The van der Waals surface area contributed by atoms with Crippen LogP contribution in [0.4, 0.5) is 0 Å². The van der Waals surface area contributed by atoms with Gasteiger partial charge in [-0.25, -0.2) is 0 Å². The van der Waals surface area contributed by atoms with Crippen LogP contribution in [0.25, 0.3) is 0 Å². The molecule has 0 aromatic carbocycles. The molecule has 0 bridgehead atoms. The fraction of sp³-hybridized carbons (Fsp3) is 0.650. The highest BCUT2D eigenvalue weighted by atomic mass is 16.2. The van der Waals surface area contributed by atoms with Gasteiger partial charge in [-0.3, -0.25) is 14.6 Å². The third-order valence-electron chi connectivity index (χ3n) is 5.31. The standard InChI is InChI=1S/C20H29N3O2/c1-16-7-5-9-18(21-16)13-17-8-6-12-22(14-17)20(25)15-23-11-4-2-3-10-19(23)24/h5,7,9,17H,2-4,6,8,10-15H2,1H3/t17-/m1/s1. The van der Waals surface area contributed by atoms with Gasteiger partial charge in [0.1, 0.15) is 0 Å². The lowest BCUT2D eigenvalue weighted by atomic mass is 9.93. The van der Waals surface area contributed by atoms with Crippen LogP contribution < -0.4 is 0 Å². The molecular formula is C20H29N3O2. The number of carbonyl (C=O) groups is 2. The highest BCUT2D eigenvalue weighted by molar-refractivity contribution is 5.85. The van der Waals surface area contributed by atoms with E-state index in [0.29, 0.717) is 12.3 Å². The molecule has 1 atom stereocenters. The number of hydrogen-bond donors (Lipinski definition) is 0. The second kappa shape index (κ2) is 8.45. The van der Waals surface area contributed by atoms with Gasteiger partial charge in [-0.15, -0.1) is 0 Å². The van der Waals surface area contributed by atoms with Crippen LogP contribution in [-0.4, -0.2) is 52.8 Å².